The first kappa shape index (κ1) is 49.2. The molecule has 4 heteroatoms. The van der Waals surface area contributed by atoms with Crippen LogP contribution in [0.2, 0.25) is 0 Å². The van der Waals surface area contributed by atoms with Gasteiger partial charge in [-0.25, -0.2) is 0 Å². The van der Waals surface area contributed by atoms with E-state index in [1.165, 1.54) is 100 Å². The predicted octanol–water partition coefficient (Wildman–Crippen LogP) is 18.2. The number of aryl methyl sites for hydroxylation is 1. The van der Waals surface area contributed by atoms with Crippen molar-refractivity contribution in [2.45, 2.75) is 64.7 Å². The zero-order valence-corrected chi connectivity index (χ0v) is 46.7. The van der Waals surface area contributed by atoms with Gasteiger partial charge in [0.25, 0.3) is 6.71 Å². The summed E-state index contributed by atoms with van der Waals surface area (Å²) < 4.78 is 0. The minimum Gasteiger partial charge on any atom is -0.311 e. The van der Waals surface area contributed by atoms with Gasteiger partial charge < -0.3 is 14.7 Å². The molecule has 0 fully saturated rings. The molecule has 2 aliphatic heterocycles. The van der Waals surface area contributed by atoms with Crippen LogP contribution in [0.1, 0.15) is 80.5 Å². The van der Waals surface area contributed by atoms with Crippen LogP contribution in [0.3, 0.4) is 0 Å². The second-order valence-electron chi connectivity index (χ2n) is 24.2. The van der Waals surface area contributed by atoms with Crippen molar-refractivity contribution in [3.63, 3.8) is 0 Å². The molecule has 0 aromatic heterocycles. The van der Waals surface area contributed by atoms with Crippen molar-refractivity contribution in [3.05, 3.63) is 300 Å². The van der Waals surface area contributed by atoms with Crippen LogP contribution in [0.15, 0.2) is 261 Å². The largest absolute Gasteiger partial charge is 0.311 e. The Balaban J connectivity index is 1.07. The number of anilines is 9. The summed E-state index contributed by atoms with van der Waals surface area (Å²) in [6.07, 6.45) is 0. The molecule has 2 heterocycles. The molecule has 0 unspecified atom stereocenters. The number of hydrogen-bond donors (Lipinski definition) is 0. The summed E-state index contributed by atoms with van der Waals surface area (Å²) in [5, 5.41) is 0. The van der Waals surface area contributed by atoms with Crippen molar-refractivity contribution in [2.75, 3.05) is 14.7 Å². The first-order valence-corrected chi connectivity index (χ1v) is 28.4. The third kappa shape index (κ3) is 7.79. The lowest BCUT2D eigenvalue weighted by Crippen LogP contribution is -2.61. The van der Waals surface area contributed by atoms with E-state index in [9.17, 15) is 0 Å². The molecule has 11 aromatic carbocycles. The molecule has 0 N–H and O–H groups in total. The average molecular weight is 1030 g/mol. The van der Waals surface area contributed by atoms with E-state index in [-0.39, 0.29) is 17.5 Å². The van der Waals surface area contributed by atoms with E-state index >= 15 is 0 Å². The monoisotopic (exact) mass is 1030 g/mol. The smallest absolute Gasteiger partial charge is 0.252 e. The van der Waals surface area contributed by atoms with E-state index in [0.29, 0.717) is 0 Å². The quantitative estimate of drug-likeness (QED) is 0.140. The van der Waals surface area contributed by atoms with Crippen molar-refractivity contribution in [1.29, 1.82) is 0 Å². The summed E-state index contributed by atoms with van der Waals surface area (Å²) in [6, 6.07) is 98.2. The summed E-state index contributed by atoms with van der Waals surface area (Å²) in [7, 11) is 0. The SMILES string of the molecule is Cc1cc2c3c(c1)N(c1ccc(C(C)(C)C)cc1-c1ccccc1)c1cc(N(c4ccccc4)c4ccccc4)ccc1B3c1cc(C(C)(C)C)ccc1N2c1ccc2c(c1)C(c1ccccc1)(c1ccccc1)c1ccccc1-2. The number of benzene rings is 11. The van der Waals surface area contributed by atoms with Crippen LogP contribution in [0.25, 0.3) is 22.3 Å². The summed E-state index contributed by atoms with van der Waals surface area (Å²) in [4.78, 5) is 7.64. The van der Waals surface area contributed by atoms with E-state index in [1.807, 2.05) is 0 Å². The molecule has 0 saturated heterocycles. The lowest BCUT2D eigenvalue weighted by molar-refractivity contribution is 0.590. The van der Waals surface area contributed by atoms with Crippen LogP contribution in [0.4, 0.5) is 51.2 Å². The van der Waals surface area contributed by atoms with E-state index < -0.39 is 5.41 Å². The van der Waals surface area contributed by atoms with Crippen molar-refractivity contribution in [1.82, 2.24) is 0 Å². The van der Waals surface area contributed by atoms with Gasteiger partial charge in [-0.05, 0) is 169 Å². The van der Waals surface area contributed by atoms with Gasteiger partial charge in [0.2, 0.25) is 0 Å². The summed E-state index contributed by atoms with van der Waals surface area (Å²) >= 11 is 0. The lowest BCUT2D eigenvalue weighted by Gasteiger charge is -2.45. The molecule has 3 aliphatic rings. The average Bonchev–Trinajstić information content (AvgIpc) is 3.93. The van der Waals surface area contributed by atoms with Crippen molar-refractivity contribution in [2.24, 2.45) is 0 Å². The molecule has 0 atom stereocenters. The van der Waals surface area contributed by atoms with Gasteiger partial charge >= 0.3 is 0 Å². The molecular formula is C76H64BN3. The number of hydrogen-bond acceptors (Lipinski definition) is 3. The second kappa shape index (κ2) is 18.8. The van der Waals surface area contributed by atoms with Crippen LogP contribution >= 0.6 is 0 Å². The van der Waals surface area contributed by atoms with Crippen LogP contribution in [0.5, 0.6) is 0 Å². The molecule has 1 aliphatic carbocycles. The fourth-order valence-electron chi connectivity index (χ4n) is 13.5. The standard InChI is InChI=1S/C76H64BN3/c1-51-45-71-73-72(46-51)80(68-43-37-55(74(2,3)4)47-63(68)52-25-13-8-14-26-52)70-50-60(78(57-31-19-11-20-32-57)58-33-21-12-22-34-58)40-42-66(70)77(73)67-48-56(75(5,6)7)38-44-69(67)79(71)59-39-41-62-61-35-23-24-36-64(61)76(65(62)49-59,53-27-15-9-16-28-53)54-29-17-10-18-30-54/h8-50H,1-7H3. The van der Waals surface area contributed by atoms with Gasteiger partial charge in [0.1, 0.15) is 0 Å². The fourth-order valence-corrected chi connectivity index (χ4v) is 13.5. The van der Waals surface area contributed by atoms with Gasteiger partial charge in [0.15, 0.2) is 0 Å². The Hall–Kier alpha value is -9.12. The first-order chi connectivity index (χ1) is 38.9. The summed E-state index contributed by atoms with van der Waals surface area (Å²) in [6.45, 7) is 16.2. The maximum Gasteiger partial charge on any atom is 0.252 e. The minimum absolute atomic E-state index is 0.0701. The Morgan fingerprint density at radius 2 is 0.887 bits per heavy atom. The number of para-hydroxylation sites is 2. The molecule has 11 aromatic rings. The topological polar surface area (TPSA) is 9.72 Å². The Kier molecular flexibility index (Phi) is 11.5. The Labute approximate surface area is 473 Å². The van der Waals surface area contributed by atoms with Gasteiger partial charge in [-0.15, -0.1) is 0 Å². The third-order valence-electron chi connectivity index (χ3n) is 17.2. The maximum atomic E-state index is 2.62. The van der Waals surface area contributed by atoms with E-state index in [0.717, 1.165) is 28.4 Å². The minimum atomic E-state index is -0.554. The van der Waals surface area contributed by atoms with E-state index in [2.05, 4.69) is 324 Å². The van der Waals surface area contributed by atoms with E-state index in [1.54, 1.807) is 0 Å². The molecule has 386 valence electrons. The van der Waals surface area contributed by atoms with Crippen LogP contribution in [-0.2, 0) is 16.2 Å². The van der Waals surface area contributed by atoms with Crippen LogP contribution in [0, 0.1) is 6.92 Å². The van der Waals surface area contributed by atoms with Gasteiger partial charge in [0.05, 0.1) is 11.1 Å². The Morgan fingerprint density at radius 3 is 1.50 bits per heavy atom. The van der Waals surface area contributed by atoms with Crippen molar-refractivity contribution >= 4 is 74.3 Å². The molecule has 3 nitrogen and oxygen atoms in total. The second-order valence-corrected chi connectivity index (χ2v) is 24.2. The van der Waals surface area contributed by atoms with Crippen LogP contribution in [-0.4, -0.2) is 6.71 Å². The third-order valence-corrected chi connectivity index (χ3v) is 17.2. The Morgan fingerprint density at radius 1 is 0.362 bits per heavy atom. The zero-order chi connectivity index (χ0) is 54.5. The molecule has 0 spiro atoms. The zero-order valence-electron chi connectivity index (χ0n) is 46.7. The lowest BCUT2D eigenvalue weighted by atomic mass is 9.33. The first-order valence-electron chi connectivity index (χ1n) is 28.4. The number of fused-ring (bicyclic) bond motifs is 7. The maximum absolute atomic E-state index is 2.62. The fraction of sp³-hybridized carbons (Fsp3) is 0.132. The molecule has 0 bridgehead atoms. The highest BCUT2D eigenvalue weighted by molar-refractivity contribution is 7.00. The molecule has 0 amide bonds. The van der Waals surface area contributed by atoms with Crippen LogP contribution < -0.4 is 31.1 Å². The highest BCUT2D eigenvalue weighted by Crippen LogP contribution is 2.58. The van der Waals surface area contributed by atoms with Crippen molar-refractivity contribution in [3.8, 4) is 22.3 Å². The predicted molar refractivity (Wildman–Crippen MR) is 340 cm³/mol. The number of rotatable bonds is 8. The van der Waals surface area contributed by atoms with Gasteiger partial charge in [0, 0.05) is 51.1 Å². The molecule has 0 radical (unpaired) electrons. The highest BCUT2D eigenvalue weighted by Gasteiger charge is 2.48. The van der Waals surface area contributed by atoms with Crippen molar-refractivity contribution < 1.29 is 0 Å². The molecule has 80 heavy (non-hydrogen) atoms. The van der Waals surface area contributed by atoms with E-state index in [4.69, 9.17) is 0 Å². The molecule has 0 saturated carbocycles. The van der Waals surface area contributed by atoms with Gasteiger partial charge in [-0.3, -0.25) is 0 Å². The van der Waals surface area contributed by atoms with Gasteiger partial charge in [-0.1, -0.05) is 224 Å². The summed E-state index contributed by atoms with van der Waals surface area (Å²) in [5.41, 5.74) is 27.3. The summed E-state index contributed by atoms with van der Waals surface area (Å²) in [5.74, 6) is 0. The Bertz CT molecular complexity index is 4080. The van der Waals surface area contributed by atoms with Gasteiger partial charge in [-0.2, -0.15) is 0 Å². The molecule has 14 rings (SSSR count). The highest BCUT2D eigenvalue weighted by atomic mass is 15.2. The normalized spacial score (nSPS) is 13.7. The number of nitrogens with zero attached hydrogens (tertiary/aromatic N) is 3. The molecular weight excluding hydrogens is 966 g/mol.